The Kier molecular flexibility index (Phi) is 8.02. The van der Waals surface area contributed by atoms with Gasteiger partial charge in [-0.15, -0.1) is 6.58 Å². The Hall–Kier alpha value is -0.820. The van der Waals surface area contributed by atoms with Crippen LogP contribution in [-0.4, -0.2) is 11.7 Å². The van der Waals surface area contributed by atoms with Gasteiger partial charge in [0, 0.05) is 6.61 Å². The predicted octanol–water partition coefficient (Wildman–Crippen LogP) is 3.86. The zero-order valence-corrected chi connectivity index (χ0v) is 10.1. The molecule has 1 nitrogen and oxygen atoms in total. The van der Waals surface area contributed by atoms with Crippen LogP contribution in [0.15, 0.2) is 36.5 Å². The van der Waals surface area contributed by atoms with Crippen molar-refractivity contribution >= 4 is 0 Å². The molecule has 0 spiro atoms. The minimum Gasteiger partial charge on any atom is -0.396 e. The number of aliphatic hydroxyl groups is 1. The normalized spacial score (nSPS) is 13.7. The van der Waals surface area contributed by atoms with E-state index in [2.05, 4.69) is 33.1 Å². The molecule has 0 saturated carbocycles. The summed E-state index contributed by atoms with van der Waals surface area (Å²) in [6, 6.07) is 0. The van der Waals surface area contributed by atoms with Gasteiger partial charge < -0.3 is 5.11 Å². The van der Waals surface area contributed by atoms with E-state index < -0.39 is 0 Å². The van der Waals surface area contributed by atoms with E-state index in [1.54, 1.807) is 0 Å². The minimum absolute atomic E-state index is 0.243. The maximum absolute atomic E-state index is 8.78. The molecule has 0 aliphatic heterocycles. The van der Waals surface area contributed by atoms with Crippen LogP contribution in [0.25, 0.3) is 0 Å². The summed E-state index contributed by atoms with van der Waals surface area (Å²) < 4.78 is 0. The first kappa shape index (κ1) is 14.2. The summed E-state index contributed by atoms with van der Waals surface area (Å²) in [4.78, 5) is 0. The lowest BCUT2D eigenvalue weighted by atomic mass is 9.92. The number of hydrogen-bond donors (Lipinski definition) is 1. The fraction of sp³-hybridized carbons (Fsp3) is 0.571. The molecule has 0 amide bonds. The van der Waals surface area contributed by atoms with Crippen molar-refractivity contribution in [2.75, 3.05) is 6.61 Å². The molecule has 0 radical (unpaired) electrons. The van der Waals surface area contributed by atoms with E-state index in [1.165, 1.54) is 11.1 Å². The summed E-state index contributed by atoms with van der Waals surface area (Å²) in [5, 5.41) is 8.78. The highest BCUT2D eigenvalue weighted by Crippen LogP contribution is 2.21. The standard InChI is InChI=1S/C14H24O/c1-5-6-7-14(12(2)3)9-8-13(4)10-11-15/h5,8,14-15H,1-2,6-7,9-11H2,3-4H3/b13-8-/t14-/m0/s1. The van der Waals surface area contributed by atoms with Crippen LogP contribution in [0.1, 0.15) is 39.5 Å². The fourth-order valence-electron chi connectivity index (χ4n) is 1.51. The molecular weight excluding hydrogens is 184 g/mol. The smallest absolute Gasteiger partial charge is 0.0468 e. The van der Waals surface area contributed by atoms with Crippen LogP contribution in [0.2, 0.25) is 0 Å². The average Bonchev–Trinajstić information content (AvgIpc) is 2.17. The molecule has 86 valence electrons. The van der Waals surface area contributed by atoms with E-state index in [9.17, 15) is 0 Å². The lowest BCUT2D eigenvalue weighted by Crippen LogP contribution is -2.00. The Morgan fingerprint density at radius 2 is 2.07 bits per heavy atom. The van der Waals surface area contributed by atoms with E-state index in [0.717, 1.165) is 25.7 Å². The topological polar surface area (TPSA) is 20.2 Å². The molecule has 0 fully saturated rings. The van der Waals surface area contributed by atoms with Crippen LogP contribution >= 0.6 is 0 Å². The molecule has 0 saturated heterocycles. The van der Waals surface area contributed by atoms with Gasteiger partial charge in [0.25, 0.3) is 0 Å². The van der Waals surface area contributed by atoms with Crippen molar-refractivity contribution < 1.29 is 5.11 Å². The molecule has 0 aliphatic rings. The molecular formula is C14H24O. The molecule has 1 heteroatoms. The van der Waals surface area contributed by atoms with Gasteiger partial charge in [-0.1, -0.05) is 29.9 Å². The SMILES string of the molecule is C=CCC[C@@H](C/C=C(/C)CCO)C(=C)C. The van der Waals surface area contributed by atoms with Crippen molar-refractivity contribution in [3.05, 3.63) is 36.5 Å². The zero-order valence-electron chi connectivity index (χ0n) is 10.1. The van der Waals surface area contributed by atoms with E-state index in [4.69, 9.17) is 5.11 Å². The molecule has 0 aromatic rings. The molecule has 0 aliphatic carbocycles. The second kappa shape index (κ2) is 8.49. The van der Waals surface area contributed by atoms with Crippen molar-refractivity contribution in [3.63, 3.8) is 0 Å². The van der Waals surface area contributed by atoms with Crippen LogP contribution in [-0.2, 0) is 0 Å². The lowest BCUT2D eigenvalue weighted by molar-refractivity contribution is 0.299. The summed E-state index contributed by atoms with van der Waals surface area (Å²) in [6.07, 6.45) is 8.17. The average molecular weight is 208 g/mol. The lowest BCUT2D eigenvalue weighted by Gasteiger charge is -2.14. The second-order valence-corrected chi connectivity index (χ2v) is 4.17. The van der Waals surface area contributed by atoms with Gasteiger partial charge in [0.05, 0.1) is 0 Å². The van der Waals surface area contributed by atoms with Gasteiger partial charge >= 0.3 is 0 Å². The summed E-state index contributed by atoms with van der Waals surface area (Å²) in [5.74, 6) is 0.552. The second-order valence-electron chi connectivity index (χ2n) is 4.17. The van der Waals surface area contributed by atoms with Crippen molar-refractivity contribution in [1.82, 2.24) is 0 Å². The van der Waals surface area contributed by atoms with Gasteiger partial charge in [-0.2, -0.15) is 0 Å². The van der Waals surface area contributed by atoms with E-state index in [1.807, 2.05) is 6.08 Å². The number of aliphatic hydroxyl groups excluding tert-OH is 1. The Morgan fingerprint density at radius 1 is 1.40 bits per heavy atom. The van der Waals surface area contributed by atoms with E-state index in [-0.39, 0.29) is 6.61 Å². The Balaban J connectivity index is 4.10. The van der Waals surface area contributed by atoms with E-state index >= 15 is 0 Å². The molecule has 0 aromatic carbocycles. The number of allylic oxidation sites excluding steroid dienone is 3. The molecule has 0 heterocycles. The third-order valence-corrected chi connectivity index (χ3v) is 2.67. The Bertz CT molecular complexity index is 225. The molecule has 0 unspecified atom stereocenters. The highest BCUT2D eigenvalue weighted by molar-refractivity contribution is 5.04. The van der Waals surface area contributed by atoms with Crippen molar-refractivity contribution in [2.45, 2.75) is 39.5 Å². The molecule has 0 rings (SSSR count). The number of rotatable bonds is 8. The summed E-state index contributed by atoms with van der Waals surface area (Å²) in [7, 11) is 0. The van der Waals surface area contributed by atoms with E-state index in [0.29, 0.717) is 5.92 Å². The predicted molar refractivity (Wildman–Crippen MR) is 67.8 cm³/mol. The Morgan fingerprint density at radius 3 is 2.53 bits per heavy atom. The highest BCUT2D eigenvalue weighted by Gasteiger charge is 2.06. The maximum Gasteiger partial charge on any atom is 0.0468 e. The van der Waals surface area contributed by atoms with Gasteiger partial charge in [-0.25, -0.2) is 0 Å². The van der Waals surface area contributed by atoms with Crippen LogP contribution < -0.4 is 0 Å². The van der Waals surface area contributed by atoms with Crippen LogP contribution in [0.3, 0.4) is 0 Å². The van der Waals surface area contributed by atoms with Gasteiger partial charge in [-0.05, 0) is 45.4 Å². The van der Waals surface area contributed by atoms with Crippen molar-refractivity contribution in [3.8, 4) is 0 Å². The summed E-state index contributed by atoms with van der Waals surface area (Å²) in [6.45, 7) is 12.2. The summed E-state index contributed by atoms with van der Waals surface area (Å²) in [5.41, 5.74) is 2.51. The van der Waals surface area contributed by atoms with Crippen LogP contribution in [0.5, 0.6) is 0 Å². The van der Waals surface area contributed by atoms with Crippen LogP contribution in [0, 0.1) is 5.92 Å². The molecule has 0 bridgehead atoms. The maximum atomic E-state index is 8.78. The van der Waals surface area contributed by atoms with Gasteiger partial charge in [0.2, 0.25) is 0 Å². The van der Waals surface area contributed by atoms with Crippen molar-refractivity contribution in [2.24, 2.45) is 5.92 Å². The van der Waals surface area contributed by atoms with Crippen LogP contribution in [0.4, 0.5) is 0 Å². The fourth-order valence-corrected chi connectivity index (χ4v) is 1.51. The van der Waals surface area contributed by atoms with Gasteiger partial charge in [0.15, 0.2) is 0 Å². The molecule has 15 heavy (non-hydrogen) atoms. The molecule has 1 atom stereocenters. The van der Waals surface area contributed by atoms with Gasteiger partial charge in [-0.3, -0.25) is 0 Å². The van der Waals surface area contributed by atoms with Crippen molar-refractivity contribution in [1.29, 1.82) is 0 Å². The summed E-state index contributed by atoms with van der Waals surface area (Å²) >= 11 is 0. The first-order chi connectivity index (χ1) is 7.11. The first-order valence-electron chi connectivity index (χ1n) is 5.64. The molecule has 0 aromatic heterocycles. The third kappa shape index (κ3) is 7.15. The molecule has 1 N–H and O–H groups in total. The quantitative estimate of drug-likeness (QED) is 0.600. The van der Waals surface area contributed by atoms with Gasteiger partial charge in [0.1, 0.15) is 0 Å². The highest BCUT2D eigenvalue weighted by atomic mass is 16.2. The number of hydrogen-bond acceptors (Lipinski definition) is 1. The first-order valence-corrected chi connectivity index (χ1v) is 5.64. The largest absolute Gasteiger partial charge is 0.396 e. The third-order valence-electron chi connectivity index (χ3n) is 2.67. The zero-order chi connectivity index (χ0) is 11.7. The monoisotopic (exact) mass is 208 g/mol. The Labute approximate surface area is 94.2 Å². The minimum atomic E-state index is 0.243.